The van der Waals surface area contributed by atoms with E-state index >= 15 is 0 Å². The summed E-state index contributed by atoms with van der Waals surface area (Å²) in [5.41, 5.74) is 0.534. The lowest BCUT2D eigenvalue weighted by Gasteiger charge is -2.28. The van der Waals surface area contributed by atoms with Crippen LogP contribution in [0.15, 0.2) is 41.3 Å². The molecule has 2 aromatic carbocycles. The average molecular weight is 515 g/mol. The predicted molar refractivity (Wildman–Crippen MR) is 110 cm³/mol. The highest BCUT2D eigenvalue weighted by Gasteiger charge is 2.38. The van der Waals surface area contributed by atoms with E-state index in [9.17, 15) is 17.6 Å². The molecule has 0 unspecified atom stereocenters. The second kappa shape index (κ2) is 6.14. The van der Waals surface area contributed by atoms with Gasteiger partial charge in [-0.15, -0.1) is 0 Å². The number of sulfonamides is 1. The molecule has 0 aliphatic carbocycles. The quantitative estimate of drug-likeness (QED) is 0.382. The van der Waals surface area contributed by atoms with Crippen molar-refractivity contribution in [1.82, 2.24) is 9.61 Å². The molecule has 0 fully saturated rings. The zero-order valence-electron chi connectivity index (χ0n) is 15.1. The molecule has 0 spiro atoms. The number of rotatable bonds is 3. The van der Waals surface area contributed by atoms with E-state index in [4.69, 9.17) is 4.74 Å². The van der Waals surface area contributed by atoms with Gasteiger partial charge in [0.1, 0.15) is 20.6 Å². The number of hydrogen-bond donors (Lipinski definition) is 0. The van der Waals surface area contributed by atoms with Crippen LogP contribution in [-0.4, -0.2) is 29.7 Å². The molecule has 4 aromatic heterocycles. The van der Waals surface area contributed by atoms with Crippen LogP contribution >= 0.6 is 22.6 Å². The molecule has 4 bridgehead atoms. The number of carbonyl (C=O) groups is 1. The van der Waals surface area contributed by atoms with E-state index in [1.807, 2.05) is 22.6 Å². The fraction of sp³-hybridized carbons (Fsp3) is 0.222. The smallest absolute Gasteiger partial charge is 0.429 e. The van der Waals surface area contributed by atoms with Crippen molar-refractivity contribution in [2.45, 2.75) is 31.3 Å². The summed E-state index contributed by atoms with van der Waals surface area (Å²) in [5.74, 6) is -0.725. The van der Waals surface area contributed by atoms with Crippen molar-refractivity contribution in [3.05, 3.63) is 45.9 Å². The fourth-order valence-electron chi connectivity index (χ4n) is 3.00. The summed E-state index contributed by atoms with van der Waals surface area (Å²) in [6, 6.07) is 7.71. The Labute approximate surface area is 173 Å². The molecule has 0 saturated carbocycles. The lowest BCUT2D eigenvalue weighted by atomic mass is 10.1. The maximum atomic E-state index is 13.7. The number of anilines is 1. The van der Waals surface area contributed by atoms with E-state index in [1.165, 1.54) is 18.2 Å². The Morgan fingerprint density at radius 2 is 1.96 bits per heavy atom. The van der Waals surface area contributed by atoms with Gasteiger partial charge in [0.2, 0.25) is 0 Å². The second-order valence-electron chi connectivity index (χ2n) is 7.24. The van der Waals surface area contributed by atoms with Crippen LogP contribution < -0.4 is 4.31 Å². The van der Waals surface area contributed by atoms with Crippen LogP contribution in [0.2, 0.25) is 0 Å². The summed E-state index contributed by atoms with van der Waals surface area (Å²) < 4.78 is 48.5. The zero-order valence-corrected chi connectivity index (χ0v) is 18.1. The van der Waals surface area contributed by atoms with Crippen molar-refractivity contribution in [1.29, 1.82) is 0 Å². The molecular formula is C18H15FIN3O4S. The molecule has 0 N–H and O–H groups in total. The number of carbonyl (C=O) groups excluding carboxylic acids is 1. The molecule has 10 heteroatoms. The van der Waals surface area contributed by atoms with Crippen molar-refractivity contribution in [2.75, 3.05) is 4.31 Å². The Morgan fingerprint density at radius 1 is 1.25 bits per heavy atom. The lowest BCUT2D eigenvalue weighted by molar-refractivity contribution is 0.0609. The molecule has 1 amide bonds. The van der Waals surface area contributed by atoms with Gasteiger partial charge in [-0.3, -0.25) is 0 Å². The third-order valence-corrected chi connectivity index (χ3v) is 6.51. The zero-order chi connectivity index (χ0) is 20.4. The number of fused-ring (bicyclic) bond motifs is 3. The molecule has 0 atom stereocenters. The van der Waals surface area contributed by atoms with E-state index in [2.05, 4.69) is 5.10 Å². The Morgan fingerprint density at radius 3 is 2.54 bits per heavy atom. The number of pyridine rings is 1. The summed E-state index contributed by atoms with van der Waals surface area (Å²) in [4.78, 5) is 12.6. The van der Waals surface area contributed by atoms with E-state index in [-0.39, 0.29) is 10.6 Å². The Bertz CT molecular complexity index is 1300. The van der Waals surface area contributed by atoms with Crippen LogP contribution in [-0.2, 0) is 14.8 Å². The second-order valence-corrected chi connectivity index (χ2v) is 10.0. The standard InChI is InChI=1S/C18H15FIN3O4S/c1-18(2,3)27-17(24)23(28(25,26)11-6-4-5-10(19)9-11)13-8-7-12-14-15(13)22(12)21-16(14)20/h4-9H,1-3H3. The predicted octanol–water partition coefficient (Wildman–Crippen LogP) is 4.24. The summed E-state index contributed by atoms with van der Waals surface area (Å²) in [5, 5.41) is 5.08. The van der Waals surface area contributed by atoms with Gasteiger partial charge < -0.3 is 4.74 Å². The number of ether oxygens (including phenoxy) is 1. The van der Waals surface area contributed by atoms with Gasteiger partial charge in [0, 0.05) is 0 Å². The average Bonchev–Trinajstić information content (AvgIpc) is 3.09. The first-order valence-corrected chi connectivity index (χ1v) is 10.8. The highest BCUT2D eigenvalue weighted by molar-refractivity contribution is 14.1. The highest BCUT2D eigenvalue weighted by atomic mass is 127. The van der Waals surface area contributed by atoms with Gasteiger partial charge in [-0.2, -0.15) is 9.40 Å². The largest absolute Gasteiger partial charge is 0.443 e. The monoisotopic (exact) mass is 515 g/mol. The van der Waals surface area contributed by atoms with E-state index < -0.39 is 27.5 Å². The summed E-state index contributed by atoms with van der Waals surface area (Å²) in [6.07, 6.45) is -1.07. The lowest BCUT2D eigenvalue weighted by Crippen LogP contribution is -2.41. The van der Waals surface area contributed by atoms with Gasteiger partial charge in [0.15, 0.2) is 0 Å². The number of amides is 1. The molecular weight excluding hydrogens is 500 g/mol. The maximum Gasteiger partial charge on any atom is 0.429 e. The van der Waals surface area contributed by atoms with Crippen LogP contribution in [0.5, 0.6) is 0 Å². The molecule has 6 aromatic rings. The van der Waals surface area contributed by atoms with Crippen molar-refractivity contribution < 1.29 is 22.3 Å². The third-order valence-electron chi connectivity index (χ3n) is 4.08. The molecule has 0 saturated heterocycles. The van der Waals surface area contributed by atoms with Crippen LogP contribution in [0.25, 0.3) is 16.4 Å². The molecule has 4 heterocycles. The van der Waals surface area contributed by atoms with Crippen molar-refractivity contribution in [3.8, 4) is 0 Å². The third kappa shape index (κ3) is 2.85. The fourth-order valence-corrected chi connectivity index (χ4v) is 5.11. The van der Waals surface area contributed by atoms with Gasteiger partial charge >= 0.3 is 6.09 Å². The normalized spacial score (nSPS) is 12.9. The first-order chi connectivity index (χ1) is 13.0. The molecule has 28 heavy (non-hydrogen) atoms. The minimum Gasteiger partial charge on any atom is -0.443 e. The van der Waals surface area contributed by atoms with Crippen molar-refractivity contribution in [2.24, 2.45) is 0 Å². The van der Waals surface area contributed by atoms with Crippen molar-refractivity contribution in [3.63, 3.8) is 0 Å². The molecule has 0 aliphatic rings. The van der Waals surface area contributed by atoms with Crippen LogP contribution in [0.1, 0.15) is 20.8 Å². The number of halogens is 2. The number of aromatic nitrogens is 2. The van der Waals surface area contributed by atoms with Gasteiger partial charge in [-0.25, -0.2) is 22.1 Å². The molecule has 7 nitrogen and oxygen atoms in total. The van der Waals surface area contributed by atoms with Crippen LogP contribution in [0, 0.1) is 9.52 Å². The van der Waals surface area contributed by atoms with E-state index in [0.29, 0.717) is 13.5 Å². The number of hydrogen-bond acceptors (Lipinski definition) is 5. The van der Waals surface area contributed by atoms with E-state index in [1.54, 1.807) is 31.4 Å². The molecule has 0 aliphatic heterocycles. The van der Waals surface area contributed by atoms with Gasteiger partial charge in [0.05, 0.1) is 21.5 Å². The van der Waals surface area contributed by atoms with Crippen LogP contribution in [0.3, 0.4) is 0 Å². The van der Waals surface area contributed by atoms with Crippen LogP contribution in [0.4, 0.5) is 14.9 Å². The molecule has 6 rings (SSSR count). The minimum atomic E-state index is -4.43. The molecule has 146 valence electrons. The summed E-state index contributed by atoms with van der Waals surface area (Å²) in [6.45, 7) is 4.90. The Kier molecular flexibility index (Phi) is 4.20. The van der Waals surface area contributed by atoms with Crippen molar-refractivity contribution >= 4 is 60.8 Å². The first-order valence-electron chi connectivity index (χ1n) is 8.26. The van der Waals surface area contributed by atoms with Gasteiger partial charge in [0.25, 0.3) is 10.0 Å². The SMILES string of the molecule is CC(C)(C)OC(=O)N(c1ccc2c3c(I)nn2c13)S(=O)(=O)c1cccc(F)c1. The summed E-state index contributed by atoms with van der Waals surface area (Å²) in [7, 11) is -4.43. The summed E-state index contributed by atoms with van der Waals surface area (Å²) >= 11 is 2.05. The highest BCUT2D eigenvalue weighted by Crippen LogP contribution is 2.41. The molecule has 0 radical (unpaired) electrons. The van der Waals surface area contributed by atoms with Gasteiger partial charge in [-0.05, 0) is 73.7 Å². The minimum absolute atomic E-state index is 0.110. The Hall–Kier alpha value is -2.21. The number of benzene rings is 2. The first kappa shape index (κ1) is 19.1. The number of nitrogens with zero attached hydrogens (tertiary/aromatic N) is 3. The van der Waals surface area contributed by atoms with Gasteiger partial charge in [-0.1, -0.05) is 6.07 Å². The topological polar surface area (TPSA) is 81.0 Å². The maximum absolute atomic E-state index is 13.7. The Balaban J connectivity index is 1.92. The van der Waals surface area contributed by atoms with E-state index in [0.717, 1.165) is 23.0 Å².